The normalized spacial score (nSPS) is 15.2. The maximum absolute atomic E-state index is 12.7. The summed E-state index contributed by atoms with van der Waals surface area (Å²) >= 11 is 0. The van der Waals surface area contributed by atoms with Gasteiger partial charge < -0.3 is 14.6 Å². The van der Waals surface area contributed by atoms with Gasteiger partial charge in [0.05, 0.1) is 14.2 Å². The summed E-state index contributed by atoms with van der Waals surface area (Å²) < 4.78 is 47.9. The van der Waals surface area contributed by atoms with Gasteiger partial charge in [0.15, 0.2) is 17.1 Å². The second-order valence-corrected chi connectivity index (χ2v) is 3.61. The van der Waals surface area contributed by atoms with Crippen LogP contribution in [0.2, 0.25) is 0 Å². The lowest BCUT2D eigenvalue weighted by atomic mass is 9.94. The van der Waals surface area contributed by atoms with Gasteiger partial charge in [0.25, 0.3) is 0 Å². The van der Waals surface area contributed by atoms with E-state index in [-0.39, 0.29) is 17.1 Å². The predicted octanol–water partition coefficient (Wildman–Crippen LogP) is 2.47. The van der Waals surface area contributed by atoms with Crippen molar-refractivity contribution in [2.24, 2.45) is 0 Å². The zero-order chi connectivity index (χ0) is 13.3. The molecule has 0 aliphatic rings. The summed E-state index contributed by atoms with van der Waals surface area (Å²) in [6.45, 7) is 0.671. The van der Waals surface area contributed by atoms with Crippen LogP contribution >= 0.6 is 0 Å². The second kappa shape index (κ2) is 4.44. The lowest BCUT2D eigenvalue weighted by Crippen LogP contribution is -2.39. The first-order valence-corrected chi connectivity index (χ1v) is 4.76. The average molecular weight is 250 g/mol. The van der Waals surface area contributed by atoms with E-state index in [0.29, 0.717) is 6.92 Å². The Morgan fingerprint density at radius 1 is 1.12 bits per heavy atom. The molecule has 1 aromatic rings. The van der Waals surface area contributed by atoms with Crippen LogP contribution < -0.4 is 9.47 Å². The van der Waals surface area contributed by atoms with Crippen molar-refractivity contribution in [1.29, 1.82) is 0 Å². The molecule has 0 heterocycles. The van der Waals surface area contributed by atoms with E-state index in [1.54, 1.807) is 0 Å². The van der Waals surface area contributed by atoms with Crippen molar-refractivity contribution < 1.29 is 27.8 Å². The summed E-state index contributed by atoms with van der Waals surface area (Å²) in [5.41, 5.74) is -3.38. The first kappa shape index (κ1) is 13.6. The molecule has 1 atom stereocenters. The van der Waals surface area contributed by atoms with Crippen molar-refractivity contribution in [3.8, 4) is 11.5 Å². The quantitative estimate of drug-likeness (QED) is 0.895. The van der Waals surface area contributed by atoms with Gasteiger partial charge in [0.2, 0.25) is 0 Å². The highest BCUT2D eigenvalue weighted by atomic mass is 19.4. The molecule has 1 N–H and O–H groups in total. The number of benzene rings is 1. The predicted molar refractivity (Wildman–Crippen MR) is 55.2 cm³/mol. The van der Waals surface area contributed by atoms with Crippen LogP contribution in [0.4, 0.5) is 13.2 Å². The van der Waals surface area contributed by atoms with Gasteiger partial charge in [-0.3, -0.25) is 0 Å². The Hall–Kier alpha value is -1.43. The highest BCUT2D eigenvalue weighted by molar-refractivity contribution is 5.49. The first-order chi connectivity index (χ1) is 7.75. The largest absolute Gasteiger partial charge is 0.493 e. The molecule has 0 bridgehead atoms. The average Bonchev–Trinajstić information content (AvgIpc) is 2.26. The fourth-order valence-corrected chi connectivity index (χ4v) is 1.42. The number of aliphatic hydroxyl groups is 1. The molecule has 17 heavy (non-hydrogen) atoms. The molecule has 0 amide bonds. The van der Waals surface area contributed by atoms with Gasteiger partial charge in [-0.25, -0.2) is 0 Å². The van der Waals surface area contributed by atoms with E-state index in [2.05, 4.69) is 0 Å². The minimum Gasteiger partial charge on any atom is -0.493 e. The van der Waals surface area contributed by atoms with Crippen molar-refractivity contribution >= 4 is 0 Å². The van der Waals surface area contributed by atoms with Crippen LogP contribution in [0.5, 0.6) is 11.5 Å². The molecule has 6 heteroatoms. The molecule has 1 aromatic carbocycles. The van der Waals surface area contributed by atoms with Gasteiger partial charge in [-0.05, 0) is 13.0 Å². The molecular weight excluding hydrogens is 237 g/mol. The third kappa shape index (κ3) is 2.31. The fourth-order valence-electron chi connectivity index (χ4n) is 1.42. The number of alkyl halides is 3. The fraction of sp³-hybridized carbons (Fsp3) is 0.455. The Morgan fingerprint density at radius 3 is 2.12 bits per heavy atom. The lowest BCUT2D eigenvalue weighted by molar-refractivity contribution is -0.259. The Balaban J connectivity index is 3.41. The van der Waals surface area contributed by atoms with Crippen molar-refractivity contribution in [2.75, 3.05) is 14.2 Å². The van der Waals surface area contributed by atoms with Crippen LogP contribution in [0.1, 0.15) is 12.5 Å². The maximum atomic E-state index is 12.7. The van der Waals surface area contributed by atoms with E-state index in [4.69, 9.17) is 9.47 Å². The third-order valence-corrected chi connectivity index (χ3v) is 2.48. The number of methoxy groups -OCH3 is 2. The number of rotatable bonds is 3. The minimum absolute atomic E-state index is 0.127. The summed E-state index contributed by atoms with van der Waals surface area (Å²) in [5, 5.41) is 9.59. The number of halogens is 3. The highest BCUT2D eigenvalue weighted by Crippen LogP contribution is 2.45. The molecule has 1 rings (SSSR count). The highest BCUT2D eigenvalue weighted by Gasteiger charge is 2.52. The Labute approximate surface area is 96.8 Å². The summed E-state index contributed by atoms with van der Waals surface area (Å²) in [6.07, 6.45) is -4.80. The lowest BCUT2D eigenvalue weighted by Gasteiger charge is -2.28. The molecule has 0 aromatic heterocycles. The van der Waals surface area contributed by atoms with Gasteiger partial charge in [0, 0.05) is 5.56 Å². The molecule has 0 spiro atoms. The summed E-state index contributed by atoms with van der Waals surface area (Å²) in [4.78, 5) is 0. The van der Waals surface area contributed by atoms with Crippen molar-refractivity contribution in [1.82, 2.24) is 0 Å². The molecule has 96 valence electrons. The van der Waals surface area contributed by atoms with Gasteiger partial charge in [-0.2, -0.15) is 13.2 Å². The summed E-state index contributed by atoms with van der Waals surface area (Å²) in [6, 6.07) is 3.96. The summed E-state index contributed by atoms with van der Waals surface area (Å²) in [7, 11) is 2.53. The number of hydrogen-bond donors (Lipinski definition) is 1. The van der Waals surface area contributed by atoms with E-state index in [1.165, 1.54) is 26.4 Å². The van der Waals surface area contributed by atoms with E-state index >= 15 is 0 Å². The smallest absolute Gasteiger partial charge is 0.421 e. The van der Waals surface area contributed by atoms with Crippen LogP contribution in [-0.4, -0.2) is 25.5 Å². The summed E-state index contributed by atoms with van der Waals surface area (Å²) in [5.74, 6) is 0.00634. The van der Waals surface area contributed by atoms with Gasteiger partial charge in [0.1, 0.15) is 0 Å². The molecule has 0 aliphatic carbocycles. The van der Waals surface area contributed by atoms with Gasteiger partial charge in [-0.1, -0.05) is 12.1 Å². The second-order valence-electron chi connectivity index (χ2n) is 3.61. The number of ether oxygens (including phenoxy) is 2. The number of hydrogen-bond acceptors (Lipinski definition) is 3. The zero-order valence-electron chi connectivity index (χ0n) is 9.63. The monoisotopic (exact) mass is 250 g/mol. The maximum Gasteiger partial charge on any atom is 0.421 e. The zero-order valence-corrected chi connectivity index (χ0v) is 9.63. The molecule has 0 saturated carbocycles. The van der Waals surface area contributed by atoms with Crippen LogP contribution in [0.3, 0.4) is 0 Å². The van der Waals surface area contributed by atoms with Crippen molar-refractivity contribution in [3.63, 3.8) is 0 Å². The van der Waals surface area contributed by atoms with E-state index in [9.17, 15) is 18.3 Å². The molecule has 0 saturated heterocycles. The van der Waals surface area contributed by atoms with Crippen LogP contribution in [-0.2, 0) is 5.60 Å². The topological polar surface area (TPSA) is 38.7 Å². The van der Waals surface area contributed by atoms with Gasteiger partial charge in [-0.15, -0.1) is 0 Å². The van der Waals surface area contributed by atoms with E-state index < -0.39 is 11.8 Å². The molecule has 1 unspecified atom stereocenters. The number of para-hydroxylation sites is 1. The molecule has 3 nitrogen and oxygen atoms in total. The minimum atomic E-state index is -4.80. The molecule has 0 radical (unpaired) electrons. The van der Waals surface area contributed by atoms with E-state index in [1.807, 2.05) is 0 Å². The van der Waals surface area contributed by atoms with Crippen LogP contribution in [0.15, 0.2) is 18.2 Å². The van der Waals surface area contributed by atoms with E-state index in [0.717, 1.165) is 6.07 Å². The standard InChI is InChI=1S/C11H13F3O3/c1-10(15,11(12,13)14)7-5-4-6-8(16-2)9(7)17-3/h4-6,15H,1-3H3. The van der Waals surface area contributed by atoms with Crippen LogP contribution in [0.25, 0.3) is 0 Å². The Kier molecular flexibility index (Phi) is 3.56. The Morgan fingerprint density at radius 2 is 1.71 bits per heavy atom. The molecular formula is C11H13F3O3. The molecule has 0 aliphatic heterocycles. The van der Waals surface area contributed by atoms with Crippen molar-refractivity contribution in [2.45, 2.75) is 18.7 Å². The SMILES string of the molecule is COc1cccc(C(C)(O)C(F)(F)F)c1OC. The Bertz CT molecular complexity index is 399. The van der Waals surface area contributed by atoms with Gasteiger partial charge >= 0.3 is 6.18 Å². The molecule has 0 fully saturated rings. The van der Waals surface area contributed by atoms with Crippen LogP contribution in [0, 0.1) is 0 Å². The third-order valence-electron chi connectivity index (χ3n) is 2.48. The first-order valence-electron chi connectivity index (χ1n) is 4.76. The van der Waals surface area contributed by atoms with Crippen molar-refractivity contribution in [3.05, 3.63) is 23.8 Å².